The molecule has 0 fully saturated rings. The lowest BCUT2D eigenvalue weighted by Crippen LogP contribution is -2.42. The van der Waals surface area contributed by atoms with E-state index in [0.29, 0.717) is 85.8 Å². The van der Waals surface area contributed by atoms with Crippen molar-refractivity contribution in [1.82, 2.24) is 0 Å². The molecule has 0 aromatic heterocycles. The van der Waals surface area contributed by atoms with E-state index in [4.69, 9.17) is 30.4 Å². The van der Waals surface area contributed by atoms with Gasteiger partial charge < -0.3 is 35.5 Å². The second-order valence-electron chi connectivity index (χ2n) is 18.0. The van der Waals surface area contributed by atoms with Gasteiger partial charge in [-0.3, -0.25) is 0 Å². The zero-order chi connectivity index (χ0) is 46.1. The molecule has 11 nitrogen and oxygen atoms in total. The third kappa shape index (κ3) is 10.9. The van der Waals surface area contributed by atoms with Crippen LogP contribution in [0, 0.1) is 16.7 Å². The average molecular weight is 919 g/mol. The lowest BCUT2D eigenvalue weighted by Gasteiger charge is -2.41. The van der Waals surface area contributed by atoms with Crippen molar-refractivity contribution in [2.75, 3.05) is 62.6 Å². The molecule has 2 aliphatic rings. The highest BCUT2D eigenvalue weighted by molar-refractivity contribution is 7.91. The summed E-state index contributed by atoms with van der Waals surface area (Å²) in [4.78, 5) is 0.624. The standard InChI is InChI=1S/C51H70N2O9S2/c1-6-10-24-50(8-3)34-63(55,56)45-22-16-39(52)32-43(45)47(36(50)5)37-12-18-41(19-13-37)61-30-28-59-26-27-60-29-31-62-42-20-14-38(15-21-42)48-44-33-40(53)17-23-46(44)64(57,58)35-51(9-4,49(48)54)25-11-7-2/h12-23,32-33,36,47-49,54H,6-11,24-31,34-35,52-53H2,1-5H3/t36-,47+,48-,49+,50+,51-/m0/s1. The van der Waals surface area contributed by atoms with Crippen molar-refractivity contribution in [3.63, 3.8) is 0 Å². The molecule has 0 radical (unpaired) electrons. The van der Waals surface area contributed by atoms with Crippen molar-refractivity contribution in [1.29, 1.82) is 0 Å². The highest BCUT2D eigenvalue weighted by atomic mass is 32.2. The Bertz CT molecular complexity index is 2210. The predicted molar refractivity (Wildman–Crippen MR) is 255 cm³/mol. The molecule has 6 rings (SSSR count). The van der Waals surface area contributed by atoms with Gasteiger partial charge in [0.25, 0.3) is 0 Å². The Hall–Kier alpha value is -4.14. The fourth-order valence-corrected chi connectivity index (χ4v) is 14.9. The Kier molecular flexibility index (Phi) is 16.5. The quantitative estimate of drug-likeness (QED) is 0.0536. The molecule has 4 aromatic rings. The van der Waals surface area contributed by atoms with Gasteiger partial charge in [-0.2, -0.15) is 0 Å². The molecule has 0 aliphatic carbocycles. The SMILES string of the molecule is CCCC[C@@]1(CC)CS(=O)(=O)c2ccc(N)cc2[C@H](c2ccc(OCCOCCOCCOc3ccc([C@@H]4c5cc(N)ccc5S(=O)(=O)C[C@@](CC)(CCCC)[C@H]4C)cc3)cc2)[C@H]1O. The van der Waals surface area contributed by atoms with Crippen LogP contribution in [0.3, 0.4) is 0 Å². The summed E-state index contributed by atoms with van der Waals surface area (Å²) in [7, 11) is -7.19. The normalized spacial score (nSPS) is 24.8. The number of benzene rings is 4. The number of aliphatic hydroxyl groups is 1. The summed E-state index contributed by atoms with van der Waals surface area (Å²) < 4.78 is 78.8. The minimum Gasteiger partial charge on any atom is -0.491 e. The Balaban J connectivity index is 0.970. The number of rotatable bonds is 21. The van der Waals surface area contributed by atoms with E-state index in [1.54, 1.807) is 30.3 Å². The van der Waals surface area contributed by atoms with Crippen LogP contribution in [0.25, 0.3) is 0 Å². The maximum absolute atomic E-state index is 13.9. The van der Waals surface area contributed by atoms with E-state index >= 15 is 0 Å². The monoisotopic (exact) mass is 918 g/mol. The number of unbranched alkanes of at least 4 members (excludes halogenated alkanes) is 2. The first-order valence-electron chi connectivity index (χ1n) is 23.2. The maximum atomic E-state index is 13.9. The summed E-state index contributed by atoms with van der Waals surface area (Å²) in [6.45, 7) is 12.7. The van der Waals surface area contributed by atoms with Gasteiger partial charge in [-0.15, -0.1) is 0 Å². The van der Waals surface area contributed by atoms with Gasteiger partial charge in [0.1, 0.15) is 24.7 Å². The smallest absolute Gasteiger partial charge is 0.179 e. The number of nitrogen functional groups attached to an aromatic ring is 2. The molecular weight excluding hydrogens is 849 g/mol. The first-order chi connectivity index (χ1) is 30.6. The fourth-order valence-electron chi connectivity index (χ4n) is 10.3. The summed E-state index contributed by atoms with van der Waals surface area (Å²) in [5, 5.41) is 12.1. The van der Waals surface area contributed by atoms with Crippen molar-refractivity contribution in [3.05, 3.63) is 107 Å². The van der Waals surface area contributed by atoms with E-state index < -0.39 is 37.1 Å². The van der Waals surface area contributed by atoms with E-state index in [0.717, 1.165) is 55.2 Å². The third-order valence-corrected chi connectivity index (χ3v) is 18.1. The molecule has 2 heterocycles. The van der Waals surface area contributed by atoms with Crippen LogP contribution in [-0.4, -0.2) is 79.2 Å². The van der Waals surface area contributed by atoms with Crippen molar-refractivity contribution in [2.24, 2.45) is 16.7 Å². The fraction of sp³-hybridized carbons (Fsp3) is 0.529. The van der Waals surface area contributed by atoms with Crippen LogP contribution in [0.4, 0.5) is 11.4 Å². The highest BCUT2D eigenvalue weighted by Crippen LogP contribution is 2.53. The van der Waals surface area contributed by atoms with Crippen LogP contribution in [0.5, 0.6) is 11.5 Å². The third-order valence-electron chi connectivity index (χ3n) is 14.1. The summed E-state index contributed by atoms with van der Waals surface area (Å²) in [6.07, 6.45) is 5.57. The number of aliphatic hydroxyl groups excluding tert-OH is 1. The molecule has 0 spiro atoms. The van der Waals surface area contributed by atoms with Gasteiger partial charge in [-0.05, 0) is 120 Å². The molecule has 2 aliphatic heterocycles. The zero-order valence-electron chi connectivity index (χ0n) is 38.4. The van der Waals surface area contributed by atoms with E-state index in [9.17, 15) is 21.9 Å². The largest absolute Gasteiger partial charge is 0.491 e. The van der Waals surface area contributed by atoms with Gasteiger partial charge in [0.05, 0.1) is 53.8 Å². The second kappa shape index (κ2) is 21.4. The lowest BCUT2D eigenvalue weighted by molar-refractivity contribution is 0.0174. The highest BCUT2D eigenvalue weighted by Gasteiger charge is 2.50. The van der Waals surface area contributed by atoms with E-state index in [-0.39, 0.29) is 33.7 Å². The van der Waals surface area contributed by atoms with Gasteiger partial charge in [-0.1, -0.05) is 84.6 Å². The van der Waals surface area contributed by atoms with Gasteiger partial charge >= 0.3 is 0 Å². The molecule has 4 aromatic carbocycles. The summed E-state index contributed by atoms with van der Waals surface area (Å²) in [5.74, 6) is 0.734. The van der Waals surface area contributed by atoms with Crippen LogP contribution in [-0.2, 0) is 29.1 Å². The Labute approximate surface area is 382 Å². The van der Waals surface area contributed by atoms with Crippen LogP contribution < -0.4 is 20.9 Å². The van der Waals surface area contributed by atoms with Crippen molar-refractivity contribution in [3.8, 4) is 11.5 Å². The molecule has 350 valence electrons. The number of hydrogen-bond donors (Lipinski definition) is 3. The molecule has 0 bridgehead atoms. The Morgan fingerprint density at radius 1 is 0.578 bits per heavy atom. The van der Waals surface area contributed by atoms with Gasteiger partial charge in [0.15, 0.2) is 19.7 Å². The van der Waals surface area contributed by atoms with E-state index in [1.165, 1.54) is 0 Å². The van der Waals surface area contributed by atoms with Gasteiger partial charge in [-0.25, -0.2) is 16.8 Å². The molecule has 0 saturated carbocycles. The number of anilines is 2. The molecule has 0 saturated heterocycles. The number of sulfone groups is 2. The molecular formula is C51H70N2O9S2. The topological polar surface area (TPSA) is 177 Å². The Morgan fingerprint density at radius 2 is 0.984 bits per heavy atom. The van der Waals surface area contributed by atoms with Crippen molar-refractivity contribution in [2.45, 2.75) is 114 Å². The lowest BCUT2D eigenvalue weighted by atomic mass is 9.64. The number of hydrogen-bond acceptors (Lipinski definition) is 11. The molecule has 13 heteroatoms. The first kappa shape index (κ1) is 49.3. The van der Waals surface area contributed by atoms with Gasteiger partial charge in [0, 0.05) is 28.6 Å². The number of nitrogens with two attached hydrogens (primary N) is 2. The average Bonchev–Trinajstić information content (AvgIpc) is 3.39. The van der Waals surface area contributed by atoms with Crippen molar-refractivity contribution < 1.29 is 40.9 Å². The van der Waals surface area contributed by atoms with Crippen LogP contribution >= 0.6 is 0 Å². The summed E-state index contributed by atoms with van der Waals surface area (Å²) in [5.41, 5.74) is 15.4. The molecule has 0 unspecified atom stereocenters. The minimum absolute atomic E-state index is 0.0675. The summed E-state index contributed by atoms with van der Waals surface area (Å²) in [6, 6.07) is 25.6. The number of fused-ring (bicyclic) bond motifs is 2. The van der Waals surface area contributed by atoms with Gasteiger partial charge in [0.2, 0.25) is 0 Å². The maximum Gasteiger partial charge on any atom is 0.179 e. The molecule has 5 N–H and O–H groups in total. The minimum atomic E-state index is -3.67. The van der Waals surface area contributed by atoms with Crippen LogP contribution in [0.2, 0.25) is 0 Å². The molecule has 0 amide bonds. The first-order valence-corrected chi connectivity index (χ1v) is 26.5. The van der Waals surface area contributed by atoms with Crippen LogP contribution in [0.1, 0.15) is 120 Å². The van der Waals surface area contributed by atoms with E-state index in [2.05, 4.69) is 27.7 Å². The van der Waals surface area contributed by atoms with Crippen LogP contribution in [0.15, 0.2) is 94.7 Å². The summed E-state index contributed by atoms with van der Waals surface area (Å²) >= 11 is 0. The van der Waals surface area contributed by atoms with Crippen molar-refractivity contribution >= 4 is 31.0 Å². The number of ether oxygens (including phenoxy) is 4. The molecule has 6 atom stereocenters. The second-order valence-corrected chi connectivity index (χ2v) is 21.9. The molecule has 64 heavy (non-hydrogen) atoms. The van der Waals surface area contributed by atoms with E-state index in [1.807, 2.05) is 61.5 Å². The Morgan fingerprint density at radius 3 is 1.44 bits per heavy atom. The zero-order valence-corrected chi connectivity index (χ0v) is 40.0. The predicted octanol–water partition coefficient (Wildman–Crippen LogP) is 9.35.